The van der Waals surface area contributed by atoms with Crippen molar-refractivity contribution >= 4 is 66.2 Å². The van der Waals surface area contributed by atoms with Crippen LogP contribution >= 0.6 is 0 Å². The highest BCUT2D eigenvalue weighted by Crippen LogP contribution is 2.33. The van der Waals surface area contributed by atoms with Crippen LogP contribution in [0.1, 0.15) is 5.56 Å². The average molecular weight is 606 g/mol. The van der Waals surface area contributed by atoms with Crippen molar-refractivity contribution in [3.63, 3.8) is 0 Å². The molecule has 0 aliphatic rings. The van der Waals surface area contributed by atoms with Crippen molar-refractivity contribution in [1.82, 2.24) is 23.3 Å². The summed E-state index contributed by atoms with van der Waals surface area (Å²) in [6.07, 6.45) is 0. The van der Waals surface area contributed by atoms with Gasteiger partial charge in [-0.3, -0.25) is 8.97 Å². The Balaban J connectivity index is 1.57. The molecule has 0 atom stereocenters. The van der Waals surface area contributed by atoms with Gasteiger partial charge in [-0.05, 0) is 73.2 Å². The number of fused-ring (bicyclic) bond motifs is 11. The van der Waals surface area contributed by atoms with Crippen LogP contribution in [0, 0.1) is 6.92 Å². The van der Waals surface area contributed by atoms with Crippen molar-refractivity contribution in [2.24, 2.45) is 7.05 Å². The molecule has 0 saturated carbocycles. The van der Waals surface area contributed by atoms with E-state index in [1.54, 1.807) is 0 Å². The highest BCUT2D eigenvalue weighted by molar-refractivity contribution is 6.02. The summed E-state index contributed by atoms with van der Waals surface area (Å²) in [6, 6.07) is 49.5. The van der Waals surface area contributed by atoms with Gasteiger partial charge in [-0.25, -0.2) is 14.5 Å². The Labute approximate surface area is 269 Å². The van der Waals surface area contributed by atoms with E-state index < -0.39 is 0 Å². The van der Waals surface area contributed by atoms with Crippen molar-refractivity contribution in [2.75, 3.05) is 0 Å². The van der Waals surface area contributed by atoms with Crippen molar-refractivity contribution in [2.45, 2.75) is 6.92 Å². The van der Waals surface area contributed by atoms with E-state index in [-0.39, 0.29) is 0 Å². The van der Waals surface area contributed by atoms with Crippen LogP contribution in [-0.4, -0.2) is 23.3 Å². The standard InChI is InChI=1S/C41H29N6/c1-26-23-32-37-25-31(26)41-44(2)33-19-9-10-20-34(33)47(41)36-22-12-21-35-38(36)43-40(45(35)29-16-7-4-8-17-29)28-15-11-18-30(24-28)46(37)39(42-32)27-13-5-3-6-14-27/h3-25H,1-2H3/q+1. The van der Waals surface area contributed by atoms with Crippen molar-refractivity contribution in [3.8, 4) is 17.1 Å². The van der Waals surface area contributed by atoms with Crippen molar-refractivity contribution in [3.05, 3.63) is 145 Å². The van der Waals surface area contributed by atoms with Crippen LogP contribution in [0.25, 0.3) is 83.3 Å². The van der Waals surface area contributed by atoms with Gasteiger partial charge in [0.1, 0.15) is 17.0 Å². The molecule has 4 aromatic heterocycles. The average Bonchev–Trinajstić information content (AvgIpc) is 3.78. The Morgan fingerprint density at radius 3 is 2.17 bits per heavy atom. The number of hydrogen-bond donors (Lipinski definition) is 0. The quantitative estimate of drug-likeness (QED) is 0.185. The minimum Gasteiger partial charge on any atom is -0.292 e. The zero-order chi connectivity index (χ0) is 31.2. The molecule has 6 heteroatoms. The van der Waals surface area contributed by atoms with Gasteiger partial charge in [0.05, 0.1) is 29.0 Å². The van der Waals surface area contributed by atoms with Gasteiger partial charge >= 0.3 is 0 Å². The molecule has 6 bridgehead atoms. The molecule has 0 N–H and O–H groups in total. The topological polar surface area (TPSA) is 43.4 Å². The third-order valence-corrected chi connectivity index (χ3v) is 9.57. The van der Waals surface area contributed by atoms with E-state index in [0.717, 1.165) is 88.8 Å². The molecule has 222 valence electrons. The van der Waals surface area contributed by atoms with Crippen LogP contribution in [0.4, 0.5) is 0 Å². The molecule has 47 heavy (non-hydrogen) atoms. The van der Waals surface area contributed by atoms with E-state index in [1.807, 2.05) is 0 Å². The van der Waals surface area contributed by atoms with E-state index in [2.05, 4.69) is 171 Å². The molecule has 0 unspecified atom stereocenters. The smallest absolute Gasteiger partial charge is 0.292 e. The number of para-hydroxylation sites is 4. The molecular formula is C41H29N6+. The molecule has 10 aromatic rings. The van der Waals surface area contributed by atoms with Crippen LogP contribution in [0.15, 0.2) is 140 Å². The third-order valence-electron chi connectivity index (χ3n) is 9.57. The first kappa shape index (κ1) is 26.0. The molecular weight excluding hydrogens is 576 g/mol. The van der Waals surface area contributed by atoms with E-state index in [1.165, 1.54) is 0 Å². The molecule has 0 radical (unpaired) electrons. The van der Waals surface area contributed by atoms with Gasteiger partial charge in [-0.2, -0.15) is 4.40 Å². The second-order valence-corrected chi connectivity index (χ2v) is 12.3. The number of aromatic nitrogens is 6. The van der Waals surface area contributed by atoms with Gasteiger partial charge in [-0.15, -0.1) is 0 Å². The summed E-state index contributed by atoms with van der Waals surface area (Å²) in [5, 5.41) is 2.18. The predicted octanol–water partition coefficient (Wildman–Crippen LogP) is 8.90. The Bertz CT molecular complexity index is 2910. The fourth-order valence-corrected chi connectivity index (χ4v) is 7.45. The Morgan fingerprint density at radius 1 is 0.596 bits per heavy atom. The zero-order valence-electron chi connectivity index (χ0n) is 26.0. The Kier molecular flexibility index (Phi) is 5.32. The van der Waals surface area contributed by atoms with E-state index in [0.29, 0.717) is 0 Å². The molecule has 4 heterocycles. The van der Waals surface area contributed by atoms with E-state index >= 15 is 0 Å². The molecule has 0 saturated heterocycles. The highest BCUT2D eigenvalue weighted by atomic mass is 15.1. The maximum Gasteiger partial charge on any atom is 0.295 e. The molecule has 0 aliphatic carbocycles. The third kappa shape index (κ3) is 3.64. The molecule has 0 fully saturated rings. The van der Waals surface area contributed by atoms with Crippen LogP contribution in [0.5, 0.6) is 0 Å². The SMILES string of the molecule is Cc1cc2nc(-c3ccccc3)n3c4cccc(c4)c4nc5c(cccc5n5c6ccccc6[n+](C)c5c1cc23)n4-c1ccccc1. The van der Waals surface area contributed by atoms with Crippen LogP contribution < -0.4 is 4.57 Å². The maximum atomic E-state index is 5.50. The Morgan fingerprint density at radius 2 is 1.32 bits per heavy atom. The lowest BCUT2D eigenvalue weighted by Gasteiger charge is -2.07. The monoisotopic (exact) mass is 605 g/mol. The summed E-state index contributed by atoms with van der Waals surface area (Å²) >= 11 is 0. The first-order valence-corrected chi connectivity index (χ1v) is 15.9. The summed E-state index contributed by atoms with van der Waals surface area (Å²) in [4.78, 5) is 10.8. The first-order chi connectivity index (χ1) is 23.2. The number of hydrogen-bond acceptors (Lipinski definition) is 2. The lowest BCUT2D eigenvalue weighted by atomic mass is 10.1. The summed E-state index contributed by atoms with van der Waals surface area (Å²) < 4.78 is 9.31. The lowest BCUT2D eigenvalue weighted by molar-refractivity contribution is -0.617. The Hall–Kier alpha value is -6.27. The van der Waals surface area contributed by atoms with Crippen molar-refractivity contribution < 1.29 is 4.57 Å². The fraction of sp³-hybridized carbons (Fsp3) is 0.0488. The summed E-state index contributed by atoms with van der Waals surface area (Å²) in [7, 11) is 2.17. The van der Waals surface area contributed by atoms with Crippen LogP contribution in [0.3, 0.4) is 0 Å². The number of rotatable bonds is 2. The number of benzene rings is 6. The molecule has 6 nitrogen and oxygen atoms in total. The molecule has 6 aromatic carbocycles. The first-order valence-electron chi connectivity index (χ1n) is 15.9. The molecule has 0 amide bonds. The normalized spacial score (nSPS) is 12.0. The van der Waals surface area contributed by atoms with Gasteiger partial charge in [0, 0.05) is 22.2 Å². The minimum absolute atomic E-state index is 0.891. The van der Waals surface area contributed by atoms with Gasteiger partial charge in [0.2, 0.25) is 0 Å². The second kappa shape index (κ2) is 9.61. The zero-order valence-corrected chi connectivity index (χ0v) is 26.0. The maximum absolute atomic E-state index is 5.50. The summed E-state index contributed by atoms with van der Waals surface area (Å²) in [6.45, 7) is 2.19. The second-order valence-electron chi connectivity index (χ2n) is 12.3. The van der Waals surface area contributed by atoms with Crippen LogP contribution in [0.2, 0.25) is 0 Å². The van der Waals surface area contributed by atoms with Crippen molar-refractivity contribution in [1.29, 1.82) is 0 Å². The molecule has 10 rings (SSSR count). The lowest BCUT2D eigenvalue weighted by Crippen LogP contribution is -2.27. The number of aryl methyl sites for hydroxylation is 2. The van der Waals surface area contributed by atoms with Gasteiger partial charge in [0.15, 0.2) is 16.6 Å². The summed E-state index contributed by atoms with van der Waals surface area (Å²) in [5.74, 6) is 0.909. The molecule has 0 spiro atoms. The summed E-state index contributed by atoms with van der Waals surface area (Å²) in [5.41, 5.74) is 13.7. The highest BCUT2D eigenvalue weighted by Gasteiger charge is 2.23. The minimum atomic E-state index is 0.891. The van der Waals surface area contributed by atoms with Crippen LogP contribution in [-0.2, 0) is 7.05 Å². The van der Waals surface area contributed by atoms with Gasteiger partial charge < -0.3 is 0 Å². The predicted molar refractivity (Wildman–Crippen MR) is 191 cm³/mol. The van der Waals surface area contributed by atoms with E-state index in [4.69, 9.17) is 9.97 Å². The number of nitrogens with zero attached hydrogens (tertiary/aromatic N) is 6. The number of imidazole rings is 3. The fourth-order valence-electron chi connectivity index (χ4n) is 7.45. The van der Waals surface area contributed by atoms with Gasteiger partial charge in [0.25, 0.3) is 5.65 Å². The van der Waals surface area contributed by atoms with Gasteiger partial charge in [-0.1, -0.05) is 78.9 Å². The largest absolute Gasteiger partial charge is 0.295 e. The molecule has 0 aliphatic heterocycles. The van der Waals surface area contributed by atoms with E-state index in [9.17, 15) is 0 Å².